The second kappa shape index (κ2) is 6.31. The molecule has 0 radical (unpaired) electrons. The van der Waals surface area contributed by atoms with E-state index in [1.54, 1.807) is 6.07 Å². The van der Waals surface area contributed by atoms with Gasteiger partial charge in [0.05, 0.1) is 17.7 Å². The Balaban J connectivity index is 2.48. The van der Waals surface area contributed by atoms with Crippen LogP contribution in [0.1, 0.15) is 10.4 Å². The van der Waals surface area contributed by atoms with E-state index in [1.165, 1.54) is 14.2 Å². The number of H-pyrrole nitrogens is 1. The molecule has 1 aromatic carbocycles. The first-order valence-electron chi connectivity index (χ1n) is 6.11. The highest BCUT2D eigenvalue weighted by Gasteiger charge is 2.13. The molecule has 6 heteroatoms. The number of benzene rings is 1. The lowest BCUT2D eigenvalue weighted by atomic mass is 10.1. The molecule has 0 fully saturated rings. The fraction of sp³-hybridized carbons (Fsp3) is 0.286. The number of nitrogens with one attached hydrogen (secondary N) is 2. The molecule has 6 nitrogen and oxygen atoms in total. The zero-order valence-electron chi connectivity index (χ0n) is 11.3. The van der Waals surface area contributed by atoms with Gasteiger partial charge >= 0.3 is 0 Å². The topological polar surface area (TPSA) is 80.4 Å². The summed E-state index contributed by atoms with van der Waals surface area (Å²) in [5.74, 6) is 0. The number of pyridine rings is 1. The lowest BCUT2D eigenvalue weighted by molar-refractivity contribution is -0.0913. The molecule has 0 spiro atoms. The SMILES string of the molecule is COC(CNc1c(C=O)c(=O)[nH]c2ccccc12)OC. The van der Waals surface area contributed by atoms with Crippen molar-refractivity contribution in [1.82, 2.24) is 4.98 Å². The first-order chi connectivity index (χ1) is 9.71. The maximum atomic E-state index is 11.9. The summed E-state index contributed by atoms with van der Waals surface area (Å²) in [6, 6.07) is 7.26. The first kappa shape index (κ1) is 14.2. The predicted octanol–water partition coefficient (Wildman–Crippen LogP) is 1.37. The van der Waals surface area contributed by atoms with Crippen LogP contribution in [0.4, 0.5) is 5.69 Å². The van der Waals surface area contributed by atoms with E-state index in [9.17, 15) is 9.59 Å². The van der Waals surface area contributed by atoms with Crippen LogP contribution in [0, 0.1) is 0 Å². The third-order valence-corrected chi connectivity index (χ3v) is 3.05. The minimum Gasteiger partial charge on any atom is -0.379 e. The number of ether oxygens (including phenoxy) is 2. The Hall–Kier alpha value is -2.18. The molecule has 0 atom stereocenters. The lowest BCUT2D eigenvalue weighted by Crippen LogP contribution is -2.25. The van der Waals surface area contributed by atoms with Crippen LogP contribution in [0.5, 0.6) is 0 Å². The predicted molar refractivity (Wildman–Crippen MR) is 76.3 cm³/mol. The van der Waals surface area contributed by atoms with Crippen LogP contribution in [0.15, 0.2) is 29.1 Å². The molecule has 0 aliphatic carbocycles. The molecule has 0 unspecified atom stereocenters. The third kappa shape index (κ3) is 2.71. The van der Waals surface area contributed by atoms with Gasteiger partial charge in [0.15, 0.2) is 12.6 Å². The molecule has 2 N–H and O–H groups in total. The van der Waals surface area contributed by atoms with Crippen LogP contribution in [0.3, 0.4) is 0 Å². The van der Waals surface area contributed by atoms with Gasteiger partial charge in [-0.05, 0) is 6.07 Å². The first-order valence-corrected chi connectivity index (χ1v) is 6.11. The summed E-state index contributed by atoms with van der Waals surface area (Å²) in [5.41, 5.74) is 0.790. The van der Waals surface area contributed by atoms with Gasteiger partial charge in [-0.15, -0.1) is 0 Å². The molecule has 0 amide bonds. The fourth-order valence-corrected chi connectivity index (χ4v) is 2.01. The van der Waals surface area contributed by atoms with Gasteiger partial charge in [-0.3, -0.25) is 9.59 Å². The summed E-state index contributed by atoms with van der Waals surface area (Å²) < 4.78 is 10.2. The summed E-state index contributed by atoms with van der Waals surface area (Å²) in [4.78, 5) is 25.7. The molecular weight excluding hydrogens is 260 g/mol. The highest BCUT2D eigenvalue weighted by Crippen LogP contribution is 2.22. The molecule has 0 bridgehead atoms. The van der Waals surface area contributed by atoms with E-state index >= 15 is 0 Å². The monoisotopic (exact) mass is 276 g/mol. The average molecular weight is 276 g/mol. The number of hydrogen-bond donors (Lipinski definition) is 2. The van der Waals surface area contributed by atoms with Crippen molar-refractivity contribution in [3.05, 3.63) is 40.2 Å². The number of aldehydes is 1. The smallest absolute Gasteiger partial charge is 0.261 e. The third-order valence-electron chi connectivity index (χ3n) is 3.05. The molecule has 0 aliphatic rings. The van der Waals surface area contributed by atoms with Crippen LogP contribution in [-0.2, 0) is 9.47 Å². The van der Waals surface area contributed by atoms with Gasteiger partial charge in [0.1, 0.15) is 5.56 Å². The number of carbonyl (C=O) groups is 1. The van der Waals surface area contributed by atoms with Crippen molar-refractivity contribution in [1.29, 1.82) is 0 Å². The molecule has 20 heavy (non-hydrogen) atoms. The second-order valence-electron chi connectivity index (χ2n) is 4.19. The highest BCUT2D eigenvalue weighted by molar-refractivity contribution is 5.99. The Morgan fingerprint density at radius 3 is 2.65 bits per heavy atom. The molecule has 2 rings (SSSR count). The van der Waals surface area contributed by atoms with Crippen molar-refractivity contribution < 1.29 is 14.3 Å². The quantitative estimate of drug-likeness (QED) is 0.615. The van der Waals surface area contributed by atoms with Gasteiger partial charge in [0.25, 0.3) is 5.56 Å². The number of fused-ring (bicyclic) bond motifs is 1. The Labute approximate surface area is 115 Å². The largest absolute Gasteiger partial charge is 0.379 e. The Morgan fingerprint density at radius 1 is 1.30 bits per heavy atom. The molecule has 0 saturated carbocycles. The van der Waals surface area contributed by atoms with E-state index in [0.717, 1.165) is 5.39 Å². The van der Waals surface area contributed by atoms with Crippen molar-refractivity contribution in [2.45, 2.75) is 6.29 Å². The highest BCUT2D eigenvalue weighted by atomic mass is 16.7. The number of carbonyl (C=O) groups excluding carboxylic acids is 1. The van der Waals surface area contributed by atoms with E-state index in [-0.39, 0.29) is 5.56 Å². The second-order valence-corrected chi connectivity index (χ2v) is 4.19. The number of methoxy groups -OCH3 is 2. The van der Waals surface area contributed by atoms with E-state index in [2.05, 4.69) is 10.3 Å². The van der Waals surface area contributed by atoms with Gasteiger partial charge < -0.3 is 19.8 Å². The number of para-hydroxylation sites is 1. The zero-order chi connectivity index (χ0) is 14.5. The summed E-state index contributed by atoms with van der Waals surface area (Å²) in [6.45, 7) is 0.321. The molecular formula is C14H16N2O4. The Kier molecular flexibility index (Phi) is 4.49. The van der Waals surface area contributed by atoms with Gasteiger partial charge in [0.2, 0.25) is 0 Å². The zero-order valence-corrected chi connectivity index (χ0v) is 11.3. The molecule has 1 aromatic heterocycles. The van der Waals surface area contributed by atoms with Gasteiger partial charge in [-0.1, -0.05) is 18.2 Å². The molecule has 0 aliphatic heterocycles. The fourth-order valence-electron chi connectivity index (χ4n) is 2.01. The van der Waals surface area contributed by atoms with Crippen molar-refractivity contribution in [3.8, 4) is 0 Å². The van der Waals surface area contributed by atoms with E-state index in [0.29, 0.717) is 24.0 Å². The van der Waals surface area contributed by atoms with E-state index in [4.69, 9.17) is 9.47 Å². The number of rotatable bonds is 6. The Bertz CT molecular complexity index is 662. The van der Waals surface area contributed by atoms with E-state index in [1.807, 2.05) is 18.2 Å². The normalized spacial score (nSPS) is 10.9. The van der Waals surface area contributed by atoms with Crippen molar-refractivity contribution in [3.63, 3.8) is 0 Å². The lowest BCUT2D eigenvalue weighted by Gasteiger charge is -2.17. The Morgan fingerprint density at radius 2 is 2.00 bits per heavy atom. The van der Waals surface area contributed by atoms with Crippen molar-refractivity contribution >= 4 is 22.9 Å². The minimum atomic E-state index is -0.465. The maximum absolute atomic E-state index is 11.9. The number of aromatic nitrogens is 1. The summed E-state index contributed by atoms with van der Waals surface area (Å²) in [5, 5.41) is 3.81. The number of anilines is 1. The summed E-state index contributed by atoms with van der Waals surface area (Å²) in [6.07, 6.45) is 0.0786. The minimum absolute atomic E-state index is 0.0645. The molecule has 1 heterocycles. The number of aromatic amines is 1. The molecule has 0 saturated heterocycles. The van der Waals surface area contributed by atoms with Crippen LogP contribution >= 0.6 is 0 Å². The summed E-state index contributed by atoms with van der Waals surface area (Å²) in [7, 11) is 3.04. The summed E-state index contributed by atoms with van der Waals surface area (Å²) >= 11 is 0. The molecule has 106 valence electrons. The van der Waals surface area contributed by atoms with Crippen LogP contribution < -0.4 is 10.9 Å². The van der Waals surface area contributed by atoms with Crippen LogP contribution in [-0.4, -0.2) is 38.3 Å². The molecule has 2 aromatic rings. The standard InChI is InChI=1S/C14H16N2O4/c1-19-12(20-2)7-15-13-9-5-3-4-6-11(9)16-14(18)10(13)8-17/h3-6,8,12H,7H2,1-2H3,(H2,15,16,18). The van der Waals surface area contributed by atoms with Gasteiger partial charge in [-0.2, -0.15) is 0 Å². The number of hydrogen-bond acceptors (Lipinski definition) is 5. The van der Waals surface area contributed by atoms with Crippen LogP contribution in [0.25, 0.3) is 10.9 Å². The van der Waals surface area contributed by atoms with Gasteiger partial charge in [0, 0.05) is 19.6 Å². The van der Waals surface area contributed by atoms with Crippen molar-refractivity contribution in [2.24, 2.45) is 0 Å². The van der Waals surface area contributed by atoms with Gasteiger partial charge in [-0.25, -0.2) is 0 Å². The average Bonchev–Trinajstić information content (AvgIpc) is 2.47. The van der Waals surface area contributed by atoms with Crippen molar-refractivity contribution in [2.75, 3.05) is 26.1 Å². The van der Waals surface area contributed by atoms with E-state index < -0.39 is 11.8 Å². The van der Waals surface area contributed by atoms with Crippen LogP contribution in [0.2, 0.25) is 0 Å². The maximum Gasteiger partial charge on any atom is 0.261 e.